The van der Waals surface area contributed by atoms with Gasteiger partial charge in [0.2, 0.25) is 0 Å². The molecule has 0 bridgehead atoms. The Kier molecular flexibility index (Phi) is 3.78. The summed E-state index contributed by atoms with van der Waals surface area (Å²) < 4.78 is 0. The first-order valence-electron chi connectivity index (χ1n) is 5.79. The predicted octanol–water partition coefficient (Wildman–Crippen LogP) is 3.15. The smallest absolute Gasteiger partial charge is 0.0115 e. The maximum absolute atomic E-state index is 2.60. The van der Waals surface area contributed by atoms with Crippen LogP contribution in [0, 0.1) is 11.8 Å². The van der Waals surface area contributed by atoms with Crippen LogP contribution in [0.15, 0.2) is 0 Å². The Hall–Kier alpha value is -0.0400. The predicted molar refractivity (Wildman–Crippen MR) is 58.9 cm³/mol. The van der Waals surface area contributed by atoms with Crippen molar-refractivity contribution >= 4 is 0 Å². The fourth-order valence-corrected chi connectivity index (χ4v) is 2.44. The minimum atomic E-state index is 0.774. The van der Waals surface area contributed by atoms with Gasteiger partial charge >= 0.3 is 0 Å². The van der Waals surface area contributed by atoms with Crippen LogP contribution in [-0.4, -0.2) is 24.0 Å². The van der Waals surface area contributed by atoms with Crippen LogP contribution in [0.1, 0.15) is 47.0 Å². The first-order chi connectivity index (χ1) is 6.07. The van der Waals surface area contributed by atoms with Gasteiger partial charge in [-0.2, -0.15) is 0 Å². The zero-order valence-electron chi connectivity index (χ0n) is 9.88. The molecule has 2 unspecified atom stereocenters. The summed E-state index contributed by atoms with van der Waals surface area (Å²) in [6.45, 7) is 9.37. The van der Waals surface area contributed by atoms with Gasteiger partial charge in [0.1, 0.15) is 0 Å². The average Bonchev–Trinajstić information content (AvgIpc) is 2.85. The minimum absolute atomic E-state index is 0.774. The van der Waals surface area contributed by atoms with Crippen LogP contribution in [0.2, 0.25) is 0 Å². The van der Waals surface area contributed by atoms with E-state index in [1.807, 2.05) is 0 Å². The summed E-state index contributed by atoms with van der Waals surface area (Å²) in [6.07, 6.45) is 4.20. The van der Waals surface area contributed by atoms with Gasteiger partial charge in [0.25, 0.3) is 0 Å². The zero-order chi connectivity index (χ0) is 10.0. The molecule has 78 valence electrons. The molecule has 1 rings (SSSR count). The Labute approximate surface area is 83.5 Å². The number of hydrogen-bond acceptors (Lipinski definition) is 1. The molecule has 1 saturated carbocycles. The number of rotatable bonds is 5. The summed E-state index contributed by atoms with van der Waals surface area (Å²) in [5.41, 5.74) is 0. The molecule has 2 atom stereocenters. The lowest BCUT2D eigenvalue weighted by atomic mass is 9.98. The molecule has 1 heteroatoms. The summed E-state index contributed by atoms with van der Waals surface area (Å²) >= 11 is 0. The fourth-order valence-electron chi connectivity index (χ4n) is 2.44. The van der Waals surface area contributed by atoms with Gasteiger partial charge in [0.15, 0.2) is 0 Å². The largest absolute Gasteiger partial charge is 0.300 e. The van der Waals surface area contributed by atoms with Crippen molar-refractivity contribution in [2.75, 3.05) is 7.05 Å². The van der Waals surface area contributed by atoms with Crippen LogP contribution in [0.5, 0.6) is 0 Å². The highest BCUT2D eigenvalue weighted by Gasteiger charge is 2.33. The lowest BCUT2D eigenvalue weighted by Gasteiger charge is -2.35. The van der Waals surface area contributed by atoms with Crippen LogP contribution in [0.4, 0.5) is 0 Å². The maximum Gasteiger partial charge on any atom is 0.0115 e. The van der Waals surface area contributed by atoms with E-state index in [0.29, 0.717) is 0 Å². The summed E-state index contributed by atoms with van der Waals surface area (Å²) in [4.78, 5) is 2.60. The van der Waals surface area contributed by atoms with Crippen molar-refractivity contribution in [3.05, 3.63) is 0 Å². The molecule has 0 heterocycles. The molecule has 0 saturated heterocycles. The van der Waals surface area contributed by atoms with Gasteiger partial charge in [-0.3, -0.25) is 0 Å². The highest BCUT2D eigenvalue weighted by molar-refractivity contribution is 4.87. The van der Waals surface area contributed by atoms with Crippen molar-refractivity contribution in [3.63, 3.8) is 0 Å². The summed E-state index contributed by atoms with van der Waals surface area (Å²) in [7, 11) is 2.30. The van der Waals surface area contributed by atoms with E-state index in [1.54, 1.807) is 0 Å². The Morgan fingerprint density at radius 3 is 2.08 bits per heavy atom. The average molecular weight is 183 g/mol. The second-order valence-electron chi connectivity index (χ2n) is 4.96. The summed E-state index contributed by atoms with van der Waals surface area (Å²) in [5.74, 6) is 1.79. The second-order valence-corrected chi connectivity index (χ2v) is 4.96. The van der Waals surface area contributed by atoms with Crippen LogP contribution < -0.4 is 0 Å². The standard InChI is InChI=1S/C12H25N/c1-6-12(9(2)3)13(5)10(4)11-7-8-11/h9-12H,6-8H2,1-5H3. The molecule has 1 fully saturated rings. The van der Waals surface area contributed by atoms with Crippen molar-refractivity contribution in [1.82, 2.24) is 4.90 Å². The van der Waals surface area contributed by atoms with E-state index in [0.717, 1.165) is 23.9 Å². The lowest BCUT2D eigenvalue weighted by molar-refractivity contribution is 0.127. The molecule has 0 amide bonds. The minimum Gasteiger partial charge on any atom is -0.300 e. The lowest BCUT2D eigenvalue weighted by Crippen LogP contribution is -2.42. The van der Waals surface area contributed by atoms with Gasteiger partial charge in [-0.15, -0.1) is 0 Å². The normalized spacial score (nSPS) is 22.4. The Morgan fingerprint density at radius 2 is 1.77 bits per heavy atom. The molecular weight excluding hydrogens is 158 g/mol. The SMILES string of the molecule is CCC(C(C)C)N(C)C(C)C1CC1. The molecular formula is C12H25N. The van der Waals surface area contributed by atoms with Crippen molar-refractivity contribution in [3.8, 4) is 0 Å². The molecule has 1 aliphatic rings. The molecule has 13 heavy (non-hydrogen) atoms. The Bertz CT molecular complexity index is 149. The highest BCUT2D eigenvalue weighted by atomic mass is 15.2. The Morgan fingerprint density at radius 1 is 1.23 bits per heavy atom. The Balaban J connectivity index is 2.46. The summed E-state index contributed by atoms with van der Waals surface area (Å²) in [6, 6.07) is 1.57. The van der Waals surface area contributed by atoms with Gasteiger partial charge in [-0.1, -0.05) is 20.8 Å². The number of hydrogen-bond donors (Lipinski definition) is 0. The summed E-state index contributed by atoms with van der Waals surface area (Å²) in [5, 5.41) is 0. The van der Waals surface area contributed by atoms with Crippen LogP contribution in [-0.2, 0) is 0 Å². The van der Waals surface area contributed by atoms with Gasteiger partial charge in [-0.25, -0.2) is 0 Å². The molecule has 0 aliphatic heterocycles. The fraction of sp³-hybridized carbons (Fsp3) is 1.00. The first-order valence-corrected chi connectivity index (χ1v) is 5.79. The van der Waals surface area contributed by atoms with Crippen molar-refractivity contribution in [2.24, 2.45) is 11.8 Å². The van der Waals surface area contributed by atoms with E-state index in [4.69, 9.17) is 0 Å². The van der Waals surface area contributed by atoms with Crippen LogP contribution in [0.3, 0.4) is 0 Å². The topological polar surface area (TPSA) is 3.24 Å². The third-order valence-corrected chi connectivity index (χ3v) is 3.66. The molecule has 0 aromatic rings. The third kappa shape index (κ3) is 2.70. The van der Waals surface area contributed by atoms with Gasteiger partial charge in [0, 0.05) is 12.1 Å². The van der Waals surface area contributed by atoms with Gasteiger partial charge in [0.05, 0.1) is 0 Å². The molecule has 0 aromatic carbocycles. The van der Waals surface area contributed by atoms with E-state index < -0.39 is 0 Å². The molecule has 1 nitrogen and oxygen atoms in total. The van der Waals surface area contributed by atoms with E-state index in [1.165, 1.54) is 19.3 Å². The van der Waals surface area contributed by atoms with E-state index in [9.17, 15) is 0 Å². The quantitative estimate of drug-likeness (QED) is 0.633. The van der Waals surface area contributed by atoms with Gasteiger partial charge in [-0.05, 0) is 45.1 Å². The van der Waals surface area contributed by atoms with Crippen molar-refractivity contribution in [1.29, 1.82) is 0 Å². The van der Waals surface area contributed by atoms with Crippen molar-refractivity contribution in [2.45, 2.75) is 59.0 Å². The van der Waals surface area contributed by atoms with E-state index in [-0.39, 0.29) is 0 Å². The van der Waals surface area contributed by atoms with Crippen LogP contribution in [0.25, 0.3) is 0 Å². The molecule has 0 radical (unpaired) electrons. The molecule has 1 aliphatic carbocycles. The second kappa shape index (κ2) is 4.45. The molecule has 0 N–H and O–H groups in total. The zero-order valence-corrected chi connectivity index (χ0v) is 9.88. The monoisotopic (exact) mass is 183 g/mol. The van der Waals surface area contributed by atoms with Gasteiger partial charge < -0.3 is 4.90 Å². The first kappa shape index (κ1) is 11.0. The van der Waals surface area contributed by atoms with E-state index >= 15 is 0 Å². The third-order valence-electron chi connectivity index (χ3n) is 3.66. The molecule has 0 aromatic heterocycles. The highest BCUT2D eigenvalue weighted by Crippen LogP contribution is 2.36. The van der Waals surface area contributed by atoms with Crippen molar-refractivity contribution < 1.29 is 0 Å². The van der Waals surface area contributed by atoms with E-state index in [2.05, 4.69) is 39.6 Å². The van der Waals surface area contributed by atoms with Crippen LogP contribution >= 0.6 is 0 Å². The maximum atomic E-state index is 2.60. The number of nitrogens with zero attached hydrogens (tertiary/aromatic N) is 1. The molecule has 0 spiro atoms.